The van der Waals surface area contributed by atoms with Crippen LogP contribution in [0.25, 0.3) is 0 Å². The Kier molecular flexibility index (Phi) is 3.98. The normalized spacial score (nSPS) is 9.93. The molecule has 0 bridgehead atoms. The number of hydrogen-bond donors (Lipinski definition) is 1. The van der Waals surface area contributed by atoms with Crippen LogP contribution in [0.1, 0.15) is 15.9 Å². The smallest absolute Gasteiger partial charge is 0.337 e. The van der Waals surface area contributed by atoms with Crippen LogP contribution in [-0.2, 0) is 16.1 Å². The Bertz CT molecular complexity index is 336. The molecule has 0 aliphatic carbocycles. The van der Waals surface area contributed by atoms with Gasteiger partial charge in [-0.2, -0.15) is 0 Å². The average Bonchev–Trinajstić information content (AvgIpc) is 2.20. The highest BCUT2D eigenvalue weighted by Gasteiger charge is 2.07. The molecule has 0 spiro atoms. The third kappa shape index (κ3) is 2.49. The van der Waals surface area contributed by atoms with E-state index in [2.05, 4.69) is 17.4 Å². The number of carbonyl (C=O) groups is 1. The van der Waals surface area contributed by atoms with Gasteiger partial charge in [-0.15, -0.1) is 12.6 Å². The number of thiol groups is 1. The van der Waals surface area contributed by atoms with E-state index in [0.717, 1.165) is 10.5 Å². The first kappa shape index (κ1) is 11.1. The summed E-state index contributed by atoms with van der Waals surface area (Å²) in [6, 6.07) is 5.17. The van der Waals surface area contributed by atoms with Crippen LogP contribution < -0.4 is 0 Å². The Morgan fingerprint density at radius 2 is 2.14 bits per heavy atom. The molecule has 0 N–H and O–H groups in total. The molecule has 0 unspecified atom stereocenters. The molecule has 1 aromatic rings. The molecule has 1 rings (SSSR count). The summed E-state index contributed by atoms with van der Waals surface area (Å²) in [6.45, 7) is 0.486. The minimum atomic E-state index is -0.357. The van der Waals surface area contributed by atoms with Crippen molar-refractivity contribution in [2.24, 2.45) is 0 Å². The maximum absolute atomic E-state index is 11.1. The van der Waals surface area contributed by atoms with Gasteiger partial charge in [-0.25, -0.2) is 4.79 Å². The van der Waals surface area contributed by atoms with Crippen LogP contribution in [0.15, 0.2) is 23.1 Å². The molecule has 0 fully saturated rings. The van der Waals surface area contributed by atoms with Gasteiger partial charge in [0.25, 0.3) is 0 Å². The second-order valence-corrected chi connectivity index (χ2v) is 3.25. The molecule has 76 valence electrons. The van der Waals surface area contributed by atoms with E-state index in [4.69, 9.17) is 4.74 Å². The summed E-state index contributed by atoms with van der Waals surface area (Å²) in [6.07, 6.45) is 0. The largest absolute Gasteiger partial charge is 0.465 e. The molecule has 0 amide bonds. The van der Waals surface area contributed by atoms with Crippen molar-refractivity contribution in [3.8, 4) is 0 Å². The minimum absolute atomic E-state index is 0.357. The van der Waals surface area contributed by atoms with Gasteiger partial charge in [0.1, 0.15) is 0 Å². The summed E-state index contributed by atoms with van der Waals surface area (Å²) >= 11 is 4.25. The van der Waals surface area contributed by atoms with Crippen LogP contribution in [0.5, 0.6) is 0 Å². The molecule has 3 nitrogen and oxygen atoms in total. The zero-order chi connectivity index (χ0) is 10.6. The van der Waals surface area contributed by atoms with Crippen LogP contribution >= 0.6 is 12.6 Å². The highest BCUT2D eigenvalue weighted by Crippen LogP contribution is 2.17. The molecular formula is C10H12O3S. The van der Waals surface area contributed by atoms with E-state index < -0.39 is 0 Å². The molecule has 0 heterocycles. The molecule has 0 atom stereocenters. The Hall–Kier alpha value is -1.00. The molecule has 0 aliphatic heterocycles. The average molecular weight is 212 g/mol. The fourth-order valence-electron chi connectivity index (χ4n) is 1.09. The molecule has 0 radical (unpaired) electrons. The number of esters is 1. The predicted octanol–water partition coefficient (Wildman–Crippen LogP) is 1.91. The quantitative estimate of drug-likeness (QED) is 0.614. The molecule has 0 aromatic heterocycles. The van der Waals surface area contributed by atoms with E-state index >= 15 is 0 Å². The van der Waals surface area contributed by atoms with E-state index in [1.807, 2.05) is 0 Å². The van der Waals surface area contributed by atoms with E-state index in [1.54, 1.807) is 25.3 Å². The molecule has 0 saturated carbocycles. The van der Waals surface area contributed by atoms with Crippen molar-refractivity contribution >= 4 is 18.6 Å². The number of hydrogen-bond acceptors (Lipinski definition) is 4. The van der Waals surface area contributed by atoms with Gasteiger partial charge in [0, 0.05) is 12.0 Å². The van der Waals surface area contributed by atoms with Crippen LogP contribution in [-0.4, -0.2) is 20.2 Å². The van der Waals surface area contributed by atoms with Crippen LogP contribution in [0.2, 0.25) is 0 Å². The van der Waals surface area contributed by atoms with E-state index in [0.29, 0.717) is 12.2 Å². The Balaban J connectivity index is 2.94. The monoisotopic (exact) mass is 212 g/mol. The fourth-order valence-corrected chi connectivity index (χ4v) is 1.36. The third-order valence-corrected chi connectivity index (χ3v) is 2.22. The number of rotatable bonds is 3. The summed E-state index contributed by atoms with van der Waals surface area (Å²) in [5.41, 5.74) is 1.45. The lowest BCUT2D eigenvalue weighted by Crippen LogP contribution is -2.02. The zero-order valence-electron chi connectivity index (χ0n) is 8.11. The van der Waals surface area contributed by atoms with E-state index in [9.17, 15) is 4.79 Å². The lowest BCUT2D eigenvalue weighted by atomic mass is 10.1. The van der Waals surface area contributed by atoms with Crippen molar-refractivity contribution in [2.75, 3.05) is 14.2 Å². The van der Waals surface area contributed by atoms with Crippen molar-refractivity contribution in [2.45, 2.75) is 11.5 Å². The lowest BCUT2D eigenvalue weighted by Gasteiger charge is -2.05. The molecule has 14 heavy (non-hydrogen) atoms. The van der Waals surface area contributed by atoms with E-state index in [1.165, 1.54) is 7.11 Å². The Labute approximate surface area is 88.4 Å². The number of benzene rings is 1. The van der Waals surface area contributed by atoms with Gasteiger partial charge < -0.3 is 9.47 Å². The summed E-state index contributed by atoms with van der Waals surface area (Å²) in [5.74, 6) is -0.357. The van der Waals surface area contributed by atoms with Gasteiger partial charge in [0.2, 0.25) is 0 Å². The van der Waals surface area contributed by atoms with Gasteiger partial charge in [0.15, 0.2) is 0 Å². The maximum atomic E-state index is 11.1. The lowest BCUT2D eigenvalue weighted by molar-refractivity contribution is 0.0600. The van der Waals surface area contributed by atoms with E-state index in [-0.39, 0.29) is 5.97 Å². The number of methoxy groups -OCH3 is 2. The van der Waals surface area contributed by atoms with Gasteiger partial charge in [-0.3, -0.25) is 0 Å². The topological polar surface area (TPSA) is 35.5 Å². The molecule has 0 saturated heterocycles. The van der Waals surface area contributed by atoms with Crippen LogP contribution in [0.3, 0.4) is 0 Å². The van der Waals surface area contributed by atoms with Gasteiger partial charge in [-0.05, 0) is 17.7 Å². The molecular weight excluding hydrogens is 200 g/mol. The second kappa shape index (κ2) is 5.02. The first-order valence-electron chi connectivity index (χ1n) is 4.08. The summed E-state index contributed by atoms with van der Waals surface area (Å²) in [7, 11) is 2.96. The van der Waals surface area contributed by atoms with Crippen molar-refractivity contribution < 1.29 is 14.3 Å². The summed E-state index contributed by atoms with van der Waals surface area (Å²) in [5, 5.41) is 0. The Morgan fingerprint density at radius 1 is 1.43 bits per heavy atom. The second-order valence-electron chi connectivity index (χ2n) is 2.77. The predicted molar refractivity (Wildman–Crippen MR) is 55.7 cm³/mol. The third-order valence-electron chi connectivity index (χ3n) is 1.81. The SMILES string of the molecule is COCc1ccc(C(=O)OC)cc1S. The summed E-state index contributed by atoms with van der Waals surface area (Å²) in [4.78, 5) is 11.9. The molecule has 4 heteroatoms. The van der Waals surface area contributed by atoms with Gasteiger partial charge >= 0.3 is 5.97 Å². The highest BCUT2D eigenvalue weighted by molar-refractivity contribution is 7.80. The van der Waals surface area contributed by atoms with Crippen molar-refractivity contribution in [1.82, 2.24) is 0 Å². The van der Waals surface area contributed by atoms with Crippen LogP contribution in [0, 0.1) is 0 Å². The number of ether oxygens (including phenoxy) is 2. The standard InChI is InChI=1S/C10H12O3S/c1-12-6-8-4-3-7(5-9(8)14)10(11)13-2/h3-5,14H,6H2,1-2H3. The first-order valence-corrected chi connectivity index (χ1v) is 4.53. The molecule has 1 aromatic carbocycles. The van der Waals surface area contributed by atoms with Gasteiger partial charge in [-0.1, -0.05) is 6.07 Å². The van der Waals surface area contributed by atoms with Gasteiger partial charge in [0.05, 0.1) is 19.3 Å². The zero-order valence-corrected chi connectivity index (χ0v) is 9.01. The number of carbonyl (C=O) groups excluding carboxylic acids is 1. The molecule has 0 aliphatic rings. The van der Waals surface area contributed by atoms with Crippen LogP contribution in [0.4, 0.5) is 0 Å². The highest BCUT2D eigenvalue weighted by atomic mass is 32.1. The maximum Gasteiger partial charge on any atom is 0.337 e. The first-order chi connectivity index (χ1) is 6.69. The minimum Gasteiger partial charge on any atom is -0.465 e. The Morgan fingerprint density at radius 3 is 2.64 bits per heavy atom. The fraction of sp³-hybridized carbons (Fsp3) is 0.300. The summed E-state index contributed by atoms with van der Waals surface area (Å²) < 4.78 is 9.56. The van der Waals surface area contributed by atoms with Crippen molar-refractivity contribution in [3.63, 3.8) is 0 Å². The van der Waals surface area contributed by atoms with Crippen molar-refractivity contribution in [1.29, 1.82) is 0 Å². The van der Waals surface area contributed by atoms with Crippen molar-refractivity contribution in [3.05, 3.63) is 29.3 Å².